The van der Waals surface area contributed by atoms with Gasteiger partial charge < -0.3 is 15.1 Å². The second-order valence-electron chi connectivity index (χ2n) is 9.30. The highest BCUT2D eigenvalue weighted by molar-refractivity contribution is 6.30. The first-order valence-corrected chi connectivity index (χ1v) is 12.8. The molecule has 1 aromatic heterocycles. The molecule has 12 heteroatoms. The van der Waals surface area contributed by atoms with Crippen molar-refractivity contribution >= 4 is 41.3 Å². The van der Waals surface area contributed by atoms with Gasteiger partial charge in [-0.25, -0.2) is 9.59 Å². The summed E-state index contributed by atoms with van der Waals surface area (Å²) in [6.45, 7) is 0.115. The van der Waals surface area contributed by atoms with Gasteiger partial charge in [0.15, 0.2) is 5.78 Å². The number of ketones is 1. The molecule has 0 fully saturated rings. The number of fused-ring (bicyclic) bond motifs is 1. The molecule has 3 aromatic carbocycles. The van der Waals surface area contributed by atoms with Crippen LogP contribution in [0.15, 0.2) is 73.1 Å². The van der Waals surface area contributed by atoms with Gasteiger partial charge in [-0.3, -0.25) is 9.59 Å². The van der Waals surface area contributed by atoms with Gasteiger partial charge in [0.05, 0.1) is 16.8 Å². The van der Waals surface area contributed by atoms with E-state index >= 15 is 0 Å². The molecule has 1 atom stereocenters. The molecular weight excluding hydrogens is 550 g/mol. The van der Waals surface area contributed by atoms with Gasteiger partial charge in [0.25, 0.3) is 0 Å². The fourth-order valence-electron chi connectivity index (χ4n) is 4.91. The number of rotatable bonds is 8. The monoisotopic (exact) mass is 571 g/mol. The van der Waals surface area contributed by atoms with E-state index in [1.807, 2.05) is 0 Å². The zero-order valence-corrected chi connectivity index (χ0v) is 22.1. The molecule has 206 valence electrons. The number of aromatic carboxylic acids is 2. The maximum Gasteiger partial charge on any atom is 0.335 e. The highest BCUT2D eigenvalue weighted by Gasteiger charge is 2.36. The third-order valence-electron chi connectivity index (χ3n) is 6.81. The van der Waals surface area contributed by atoms with E-state index in [4.69, 9.17) is 11.6 Å². The first kappa shape index (κ1) is 27.4. The van der Waals surface area contributed by atoms with E-state index in [1.165, 1.54) is 40.2 Å². The summed E-state index contributed by atoms with van der Waals surface area (Å²) < 4.78 is 1.42. The number of carboxylic acid groups (broad SMARTS) is 2. The van der Waals surface area contributed by atoms with Crippen LogP contribution in [0.1, 0.15) is 49.0 Å². The third kappa shape index (κ3) is 5.75. The molecule has 0 saturated carbocycles. The molecular formula is C29H22ClN5O6. The number of hydrogen-bond donors (Lipinski definition) is 2. The molecule has 0 bridgehead atoms. The Labute approximate surface area is 238 Å². The van der Waals surface area contributed by atoms with Crippen LogP contribution in [0.5, 0.6) is 0 Å². The summed E-state index contributed by atoms with van der Waals surface area (Å²) in [5.74, 6) is -3.00. The van der Waals surface area contributed by atoms with E-state index in [9.17, 15) is 29.4 Å². The van der Waals surface area contributed by atoms with Crippen LogP contribution in [0.25, 0.3) is 11.8 Å². The Morgan fingerprint density at radius 3 is 2.46 bits per heavy atom. The predicted molar refractivity (Wildman–Crippen MR) is 147 cm³/mol. The van der Waals surface area contributed by atoms with Gasteiger partial charge in [-0.15, -0.1) is 5.10 Å². The zero-order chi connectivity index (χ0) is 29.1. The van der Waals surface area contributed by atoms with Crippen molar-refractivity contribution in [1.82, 2.24) is 25.1 Å². The van der Waals surface area contributed by atoms with Crippen LogP contribution >= 0.6 is 11.6 Å². The van der Waals surface area contributed by atoms with Crippen molar-refractivity contribution in [2.24, 2.45) is 0 Å². The van der Waals surface area contributed by atoms with Crippen LogP contribution in [0.2, 0.25) is 5.02 Å². The van der Waals surface area contributed by atoms with Gasteiger partial charge in [-0.05, 0) is 76.0 Å². The average Bonchev–Trinajstić information content (AvgIpc) is 3.50. The fraction of sp³-hybridized carbons (Fsp3) is 0.138. The second kappa shape index (κ2) is 11.5. The lowest BCUT2D eigenvalue weighted by atomic mass is 9.85. The first-order valence-electron chi connectivity index (χ1n) is 12.4. The maximum absolute atomic E-state index is 13.7. The van der Waals surface area contributed by atoms with Gasteiger partial charge in [-0.1, -0.05) is 35.9 Å². The smallest absolute Gasteiger partial charge is 0.335 e. The summed E-state index contributed by atoms with van der Waals surface area (Å²) in [4.78, 5) is 51.9. The van der Waals surface area contributed by atoms with E-state index < -0.39 is 23.9 Å². The molecule has 1 aliphatic rings. The summed E-state index contributed by atoms with van der Waals surface area (Å²) in [7, 11) is 0. The Morgan fingerprint density at radius 2 is 1.78 bits per heavy atom. The van der Waals surface area contributed by atoms with Crippen molar-refractivity contribution in [2.45, 2.75) is 18.9 Å². The number of aromatic nitrogens is 4. The lowest BCUT2D eigenvalue weighted by Gasteiger charge is -2.36. The van der Waals surface area contributed by atoms with Gasteiger partial charge in [0.1, 0.15) is 12.4 Å². The Balaban J connectivity index is 1.49. The maximum atomic E-state index is 13.7. The minimum absolute atomic E-state index is 0.0822. The molecule has 0 aliphatic carbocycles. The van der Waals surface area contributed by atoms with Crippen molar-refractivity contribution in [3.05, 3.63) is 111 Å². The van der Waals surface area contributed by atoms with Crippen LogP contribution < -0.4 is 0 Å². The van der Waals surface area contributed by atoms with E-state index in [0.29, 0.717) is 33.0 Å². The number of halogens is 1. The van der Waals surface area contributed by atoms with Crippen molar-refractivity contribution < 1.29 is 29.4 Å². The fourth-order valence-corrected chi connectivity index (χ4v) is 5.09. The van der Waals surface area contributed by atoms with E-state index in [1.54, 1.807) is 48.5 Å². The SMILES string of the molecule is O=C(O)c1ccc(CC(=O)C2c3cccc(C(=O)O)c3CCN2C(=O)/C=C/c2cc(Cl)ccc2-n2cnnn2)cc1. The number of hydrogen-bond acceptors (Lipinski definition) is 7. The molecule has 1 aliphatic heterocycles. The summed E-state index contributed by atoms with van der Waals surface area (Å²) in [6, 6.07) is 14.6. The molecule has 2 heterocycles. The van der Waals surface area contributed by atoms with Gasteiger partial charge in [-0.2, -0.15) is 4.68 Å². The second-order valence-corrected chi connectivity index (χ2v) is 9.74. The largest absolute Gasteiger partial charge is 0.478 e. The molecule has 4 aromatic rings. The van der Waals surface area contributed by atoms with Crippen LogP contribution in [0.3, 0.4) is 0 Å². The summed E-state index contributed by atoms with van der Waals surface area (Å²) in [6.07, 6.45) is 4.45. The Hall–Kier alpha value is -5.16. The Kier molecular flexibility index (Phi) is 7.70. The molecule has 1 unspecified atom stereocenters. The van der Waals surface area contributed by atoms with Crippen LogP contribution in [-0.2, 0) is 22.4 Å². The minimum Gasteiger partial charge on any atom is -0.478 e. The molecule has 0 radical (unpaired) electrons. The molecule has 5 rings (SSSR count). The molecule has 11 nitrogen and oxygen atoms in total. The number of tetrazole rings is 1. The highest BCUT2D eigenvalue weighted by Crippen LogP contribution is 2.34. The highest BCUT2D eigenvalue weighted by atomic mass is 35.5. The summed E-state index contributed by atoms with van der Waals surface area (Å²) >= 11 is 6.19. The molecule has 0 spiro atoms. The topological polar surface area (TPSA) is 156 Å². The number of Topliss-reactive ketones (excluding diaryl/α,β-unsaturated/α-hetero) is 1. The Bertz CT molecular complexity index is 1680. The number of benzene rings is 3. The molecule has 1 amide bonds. The predicted octanol–water partition coefficient (Wildman–Crippen LogP) is 3.66. The number of carbonyl (C=O) groups is 4. The molecule has 0 saturated heterocycles. The first-order chi connectivity index (χ1) is 19.7. The quantitative estimate of drug-likeness (QED) is 0.301. The van der Waals surface area contributed by atoms with Crippen molar-refractivity contribution in [3.63, 3.8) is 0 Å². The van der Waals surface area contributed by atoms with Gasteiger partial charge >= 0.3 is 11.9 Å². The molecule has 41 heavy (non-hydrogen) atoms. The van der Waals surface area contributed by atoms with Crippen molar-refractivity contribution in [1.29, 1.82) is 0 Å². The number of nitrogens with zero attached hydrogens (tertiary/aromatic N) is 5. The third-order valence-corrected chi connectivity index (χ3v) is 7.04. The van der Waals surface area contributed by atoms with E-state index in [0.717, 1.165) is 0 Å². The van der Waals surface area contributed by atoms with Gasteiger partial charge in [0, 0.05) is 29.6 Å². The van der Waals surface area contributed by atoms with Crippen LogP contribution in [0, 0.1) is 0 Å². The number of amides is 1. The summed E-state index contributed by atoms with van der Waals surface area (Å²) in [5.41, 5.74) is 2.82. The van der Waals surface area contributed by atoms with E-state index in [-0.39, 0.29) is 36.3 Å². The van der Waals surface area contributed by atoms with Crippen LogP contribution in [-0.4, -0.2) is 65.5 Å². The van der Waals surface area contributed by atoms with Gasteiger partial charge in [0.2, 0.25) is 5.91 Å². The summed E-state index contributed by atoms with van der Waals surface area (Å²) in [5, 5.41) is 30.5. The van der Waals surface area contributed by atoms with Crippen molar-refractivity contribution in [3.8, 4) is 5.69 Å². The van der Waals surface area contributed by atoms with Crippen molar-refractivity contribution in [2.75, 3.05) is 6.54 Å². The van der Waals surface area contributed by atoms with Crippen LogP contribution in [0.4, 0.5) is 0 Å². The lowest BCUT2D eigenvalue weighted by Crippen LogP contribution is -2.43. The zero-order valence-electron chi connectivity index (χ0n) is 21.3. The lowest BCUT2D eigenvalue weighted by molar-refractivity contribution is -0.136. The standard InChI is InChI=1S/C29H22ClN5O6/c30-20-9-10-24(35-16-31-32-33-35)19(15-20)8-11-26(37)34-13-12-21-22(2-1-3-23(21)29(40)41)27(34)25(36)14-17-4-6-18(7-5-17)28(38)39/h1-11,15-16,27H,12-14H2,(H,38,39)(H,40,41)/b11-8+. The minimum atomic E-state index is -1.12. The van der Waals surface area contributed by atoms with E-state index in [2.05, 4.69) is 15.5 Å². The normalized spacial score (nSPS) is 14.6. The number of carboxylic acids is 2. The molecule has 2 N–H and O–H groups in total. The average molecular weight is 572 g/mol. The number of carbonyl (C=O) groups excluding carboxylic acids is 2. The Morgan fingerprint density at radius 1 is 1.00 bits per heavy atom.